The molecule has 0 aliphatic rings. The smallest absolute Gasteiger partial charge is 0.143 e. The Bertz CT molecular complexity index is 7840. The van der Waals surface area contributed by atoms with Crippen molar-refractivity contribution in [3.8, 4) is 123 Å². The van der Waals surface area contributed by atoms with Crippen molar-refractivity contribution < 1.29 is 8.83 Å². The van der Waals surface area contributed by atoms with Crippen LogP contribution in [0.5, 0.6) is 0 Å². The Morgan fingerprint density at radius 3 is 1.08 bits per heavy atom. The van der Waals surface area contributed by atoms with Crippen molar-refractivity contribution in [3.05, 3.63) is 373 Å². The molecule has 0 saturated heterocycles. The summed E-state index contributed by atoms with van der Waals surface area (Å²) in [4.78, 5) is 22.3. The number of fused-ring (bicyclic) bond motifs is 18. The fraction of sp³-hybridized carbons (Fsp3) is 0.0545. The second-order valence-corrected chi connectivity index (χ2v) is 31.5. The van der Waals surface area contributed by atoms with Crippen LogP contribution < -0.4 is 0 Å². The van der Waals surface area contributed by atoms with E-state index in [-0.39, 0.29) is 0 Å². The molecule has 0 aliphatic carbocycles. The van der Waals surface area contributed by atoms with Gasteiger partial charge in [-0.2, -0.15) is 0 Å². The number of benzene rings is 18. The molecule has 0 saturated carbocycles. The van der Waals surface area contributed by atoms with Gasteiger partial charge in [-0.15, -0.1) is 0 Å². The summed E-state index contributed by atoms with van der Waals surface area (Å²) < 4.78 is 13.9. The summed E-state index contributed by atoms with van der Waals surface area (Å²) in [5.41, 5.74) is 37.8. The van der Waals surface area contributed by atoms with Crippen molar-refractivity contribution in [3.63, 3.8) is 0 Å². The molecule has 0 atom stereocenters. The SMILES string of the molecule is Cc1cc(C)c(-c2ccc3c4ccc(-c5c(C)cc(C)cc5C)cc4c4nc(-c5cccc(-c6cccc7c6oc6cc(-c8cc(-c9ccccc9)ccc8-c8ccc9c%10ccc(-c%11ccc(-c%12ccccc%12)cc%11)cc%10c%10ncc(-c%11cccc(-c%12cccc%13c%12oc%12ccccc%12%13)c%11)nc%10c9c8)ccc67)c5)cnc4c3c2)c(C)c1. The Kier molecular flexibility index (Phi) is 15.9. The minimum absolute atomic E-state index is 0.774. The van der Waals surface area contributed by atoms with Crippen LogP contribution in [-0.2, 0) is 0 Å². The average molecular weight is 1480 g/mol. The van der Waals surface area contributed by atoms with Crippen molar-refractivity contribution in [1.29, 1.82) is 0 Å². The van der Waals surface area contributed by atoms with E-state index in [0.29, 0.717) is 0 Å². The lowest BCUT2D eigenvalue weighted by atomic mass is 9.88. The lowest BCUT2D eigenvalue weighted by Crippen LogP contribution is -1.95. The molecule has 4 heterocycles. The van der Waals surface area contributed by atoms with Crippen LogP contribution in [0.15, 0.2) is 349 Å². The van der Waals surface area contributed by atoms with Gasteiger partial charge in [0.25, 0.3) is 0 Å². The zero-order valence-corrected chi connectivity index (χ0v) is 64.9. The number of aromatic nitrogens is 4. The maximum absolute atomic E-state index is 7.26. The summed E-state index contributed by atoms with van der Waals surface area (Å²) >= 11 is 0. The summed E-state index contributed by atoms with van der Waals surface area (Å²) in [6.45, 7) is 13.2. The van der Waals surface area contributed by atoms with Crippen molar-refractivity contribution in [2.75, 3.05) is 0 Å². The van der Waals surface area contributed by atoms with E-state index in [4.69, 9.17) is 28.8 Å². The van der Waals surface area contributed by atoms with E-state index in [1.165, 1.54) is 66.8 Å². The van der Waals surface area contributed by atoms with E-state index >= 15 is 0 Å². The second-order valence-electron chi connectivity index (χ2n) is 31.5. The highest BCUT2D eigenvalue weighted by Crippen LogP contribution is 2.47. The number of rotatable bonds is 11. The van der Waals surface area contributed by atoms with Crippen molar-refractivity contribution in [2.24, 2.45) is 0 Å². The molecule has 546 valence electrons. The highest BCUT2D eigenvalue weighted by atomic mass is 16.3. The van der Waals surface area contributed by atoms with Crippen LogP contribution in [0.25, 0.3) is 232 Å². The zero-order valence-electron chi connectivity index (χ0n) is 64.9. The van der Waals surface area contributed by atoms with Crippen LogP contribution in [0.3, 0.4) is 0 Å². The Balaban J connectivity index is 0.669. The minimum Gasteiger partial charge on any atom is -0.455 e. The molecule has 0 amide bonds. The largest absolute Gasteiger partial charge is 0.455 e. The number of para-hydroxylation sites is 3. The van der Waals surface area contributed by atoms with Crippen LogP contribution in [-0.4, -0.2) is 19.9 Å². The maximum atomic E-state index is 7.26. The van der Waals surface area contributed by atoms with Crippen LogP contribution in [0.1, 0.15) is 33.4 Å². The van der Waals surface area contributed by atoms with Gasteiger partial charge in [-0.05, 0) is 235 Å². The van der Waals surface area contributed by atoms with E-state index in [2.05, 4.69) is 357 Å². The molecule has 0 N–H and O–H groups in total. The molecule has 0 bridgehead atoms. The molecule has 4 aromatic heterocycles. The van der Waals surface area contributed by atoms with Crippen LogP contribution >= 0.6 is 0 Å². The third-order valence-electron chi connectivity index (χ3n) is 24.1. The van der Waals surface area contributed by atoms with Crippen molar-refractivity contribution in [2.45, 2.75) is 41.5 Å². The van der Waals surface area contributed by atoms with Crippen LogP contribution in [0, 0.1) is 41.5 Å². The molecular formula is C110H74N4O2. The average Bonchev–Trinajstić information content (AvgIpc) is 0.947. The lowest BCUT2D eigenvalue weighted by Gasteiger charge is -2.17. The Labute approximate surface area is 671 Å². The molecule has 6 nitrogen and oxygen atoms in total. The number of hydrogen-bond acceptors (Lipinski definition) is 6. The van der Waals surface area contributed by atoms with Gasteiger partial charge in [0.2, 0.25) is 0 Å². The number of nitrogens with zero attached hydrogens (tertiary/aromatic N) is 4. The first-order chi connectivity index (χ1) is 56.9. The van der Waals surface area contributed by atoms with Gasteiger partial charge < -0.3 is 8.83 Å². The van der Waals surface area contributed by atoms with Gasteiger partial charge in [0, 0.05) is 65.3 Å². The molecule has 22 rings (SSSR count). The first-order valence-corrected chi connectivity index (χ1v) is 39.8. The van der Waals surface area contributed by atoms with Crippen LogP contribution in [0.4, 0.5) is 0 Å². The molecule has 0 fully saturated rings. The van der Waals surface area contributed by atoms with Gasteiger partial charge in [-0.25, -0.2) is 9.97 Å². The molecule has 18 aromatic carbocycles. The second kappa shape index (κ2) is 27.0. The predicted molar refractivity (Wildman–Crippen MR) is 485 cm³/mol. The van der Waals surface area contributed by atoms with E-state index < -0.39 is 0 Å². The van der Waals surface area contributed by atoms with Gasteiger partial charge in [-0.3, -0.25) is 9.97 Å². The van der Waals surface area contributed by atoms with E-state index in [9.17, 15) is 0 Å². The number of aryl methyl sites for hydroxylation is 6. The summed E-state index contributed by atoms with van der Waals surface area (Å²) in [7, 11) is 0. The Hall–Kier alpha value is -14.7. The third-order valence-corrected chi connectivity index (χ3v) is 24.1. The van der Waals surface area contributed by atoms with Crippen molar-refractivity contribution >= 4 is 109 Å². The quantitative estimate of drug-likeness (QED) is 0.120. The van der Waals surface area contributed by atoms with Crippen molar-refractivity contribution in [1.82, 2.24) is 19.9 Å². The monoisotopic (exact) mass is 1480 g/mol. The number of hydrogen-bond donors (Lipinski definition) is 0. The molecule has 116 heavy (non-hydrogen) atoms. The van der Waals surface area contributed by atoms with E-state index in [1.54, 1.807) is 0 Å². The van der Waals surface area contributed by atoms with Gasteiger partial charge in [0.1, 0.15) is 22.3 Å². The zero-order chi connectivity index (χ0) is 77.6. The molecule has 0 unspecified atom stereocenters. The maximum Gasteiger partial charge on any atom is 0.143 e. The predicted octanol–water partition coefficient (Wildman–Crippen LogP) is 30.2. The fourth-order valence-corrected chi connectivity index (χ4v) is 18.8. The minimum atomic E-state index is 0.774. The van der Waals surface area contributed by atoms with Gasteiger partial charge >= 0.3 is 0 Å². The van der Waals surface area contributed by atoms with E-state index in [1.807, 2.05) is 24.5 Å². The Morgan fingerprint density at radius 1 is 0.198 bits per heavy atom. The van der Waals surface area contributed by atoms with Gasteiger partial charge in [0.05, 0.1) is 45.8 Å². The molecule has 0 spiro atoms. The molecular weight excluding hydrogens is 1410 g/mol. The summed E-state index contributed by atoms with van der Waals surface area (Å²) in [6, 6.07) is 119. The summed E-state index contributed by atoms with van der Waals surface area (Å²) in [6.07, 6.45) is 3.91. The first-order valence-electron chi connectivity index (χ1n) is 39.8. The normalized spacial score (nSPS) is 11.9. The first kappa shape index (κ1) is 68.1. The van der Waals surface area contributed by atoms with Gasteiger partial charge in [0.15, 0.2) is 0 Å². The highest BCUT2D eigenvalue weighted by Gasteiger charge is 2.24. The standard InChI is InChI=1S/C110H74N4O2/c1-63-49-65(3)103(66(4)50-63)81-41-46-87-89-47-42-82(104-67(5)51-64(2)52-68(104)6)59-98(89)108-106(96(87)58-81)112-62-100(114-108)80-26-16-24-76(54-80)85-29-18-31-93-91-48-40-78(60-102(91)116-110(85)93)94-55-73(70-21-11-8-12-22-70)37-43-83(94)77-39-45-88-86-44-38-74(72-35-33-71(34-36-72)69-19-9-7-10-20-69)56-95(86)105-107(97(88)57-77)113-99(61-111-105)79-25-15-23-75(53-79)84-28-17-30-92-90-27-13-14-32-101(90)115-109(84)92/h7-62H,1-6H3. The van der Waals surface area contributed by atoms with Gasteiger partial charge in [-0.1, -0.05) is 278 Å². The summed E-state index contributed by atoms with van der Waals surface area (Å²) in [5, 5.41) is 13.0. The Morgan fingerprint density at radius 2 is 0.543 bits per heavy atom. The summed E-state index contributed by atoms with van der Waals surface area (Å²) in [5.74, 6) is 0. The highest BCUT2D eigenvalue weighted by molar-refractivity contribution is 6.26. The van der Waals surface area contributed by atoms with E-state index in [0.717, 1.165) is 198 Å². The number of furan rings is 2. The topological polar surface area (TPSA) is 77.8 Å². The fourth-order valence-electron chi connectivity index (χ4n) is 18.8. The third kappa shape index (κ3) is 11.4. The molecule has 22 aromatic rings. The lowest BCUT2D eigenvalue weighted by molar-refractivity contribution is 0.669. The molecule has 0 aliphatic heterocycles. The molecule has 0 radical (unpaired) electrons. The van der Waals surface area contributed by atoms with Crippen LogP contribution in [0.2, 0.25) is 0 Å². The molecule has 6 heteroatoms.